The average molecular weight is 210 g/mol. The maximum Gasteiger partial charge on any atom is 0.121 e. The van der Waals surface area contributed by atoms with Crippen LogP contribution in [-0.4, -0.2) is 7.05 Å². The fraction of sp³-hybridized carbons (Fsp3) is 0.143. The van der Waals surface area contributed by atoms with Gasteiger partial charge in [-0.3, -0.25) is 0 Å². The number of nitrogens with zero attached hydrogens (tertiary/aromatic N) is 2. The van der Waals surface area contributed by atoms with Gasteiger partial charge in [-0.15, -0.1) is 0 Å². The van der Waals surface area contributed by atoms with Gasteiger partial charge in [-0.05, 0) is 11.1 Å². The summed E-state index contributed by atoms with van der Waals surface area (Å²) in [4.78, 5) is 0. The van der Waals surface area contributed by atoms with Crippen molar-refractivity contribution in [1.82, 2.24) is 0 Å². The van der Waals surface area contributed by atoms with Crippen molar-refractivity contribution in [2.75, 3.05) is 7.05 Å². The van der Waals surface area contributed by atoms with Gasteiger partial charge in [0.05, 0.1) is 0 Å². The molecule has 0 bridgehead atoms. The largest absolute Gasteiger partial charge is 0.197 e. The summed E-state index contributed by atoms with van der Waals surface area (Å²) in [6.07, 6.45) is 0. The Hall–Kier alpha value is -1.96. The second-order valence-corrected chi connectivity index (χ2v) is 3.54. The van der Waals surface area contributed by atoms with E-state index in [4.69, 9.17) is 0 Å². The summed E-state index contributed by atoms with van der Waals surface area (Å²) >= 11 is 0. The summed E-state index contributed by atoms with van der Waals surface area (Å²) < 4.78 is 0. The Labute approximate surface area is 95.7 Å². The van der Waals surface area contributed by atoms with Gasteiger partial charge >= 0.3 is 0 Å². The Balaban J connectivity index is 2.39. The molecule has 0 aliphatic carbocycles. The standard InChI is InChI=1S/C14H14N2/c1-15-16-14(12-8-4-2-5-9-12)13-10-6-3-7-11-13/h2-11,14H,1H3/b16-15+. The summed E-state index contributed by atoms with van der Waals surface area (Å²) in [7, 11) is 1.71. The first-order chi connectivity index (χ1) is 7.92. The van der Waals surface area contributed by atoms with Crippen LogP contribution in [0.2, 0.25) is 0 Å². The highest BCUT2D eigenvalue weighted by Crippen LogP contribution is 2.25. The molecule has 2 nitrogen and oxygen atoms in total. The van der Waals surface area contributed by atoms with Crippen LogP contribution in [0.4, 0.5) is 0 Å². The first-order valence-electron chi connectivity index (χ1n) is 5.30. The molecule has 0 saturated carbocycles. The molecule has 0 radical (unpaired) electrons. The Bertz CT molecular complexity index is 409. The highest BCUT2D eigenvalue weighted by Gasteiger charge is 2.11. The summed E-state index contributed by atoms with van der Waals surface area (Å²) in [6.45, 7) is 0. The van der Waals surface area contributed by atoms with E-state index in [0.717, 1.165) is 0 Å². The lowest BCUT2D eigenvalue weighted by atomic mass is 10.00. The SMILES string of the molecule is C/N=N/C(c1ccccc1)c1ccccc1. The second-order valence-electron chi connectivity index (χ2n) is 3.54. The zero-order valence-corrected chi connectivity index (χ0v) is 9.25. The maximum atomic E-state index is 4.29. The highest BCUT2D eigenvalue weighted by molar-refractivity contribution is 5.31. The molecular weight excluding hydrogens is 196 g/mol. The summed E-state index contributed by atoms with van der Waals surface area (Å²) in [5, 5.41) is 8.20. The fourth-order valence-corrected chi connectivity index (χ4v) is 1.71. The molecule has 2 heteroatoms. The van der Waals surface area contributed by atoms with Gasteiger partial charge in [0.15, 0.2) is 0 Å². The Morgan fingerprint density at radius 3 is 1.56 bits per heavy atom. The normalized spacial score (nSPS) is 11.1. The highest BCUT2D eigenvalue weighted by atomic mass is 15.1. The molecule has 2 rings (SSSR count). The zero-order valence-electron chi connectivity index (χ0n) is 9.25. The Morgan fingerprint density at radius 2 is 1.19 bits per heavy atom. The molecule has 0 atom stereocenters. The van der Waals surface area contributed by atoms with E-state index in [0.29, 0.717) is 0 Å². The third-order valence-corrected chi connectivity index (χ3v) is 2.46. The van der Waals surface area contributed by atoms with Gasteiger partial charge in [0.1, 0.15) is 6.04 Å². The lowest BCUT2D eigenvalue weighted by molar-refractivity contribution is 0.796. The van der Waals surface area contributed by atoms with E-state index >= 15 is 0 Å². The van der Waals surface area contributed by atoms with Crippen molar-refractivity contribution in [3.05, 3.63) is 71.8 Å². The Morgan fingerprint density at radius 1 is 0.750 bits per heavy atom. The van der Waals surface area contributed by atoms with E-state index in [1.54, 1.807) is 7.05 Å². The topological polar surface area (TPSA) is 24.7 Å². The predicted molar refractivity (Wildman–Crippen MR) is 65.5 cm³/mol. The second kappa shape index (κ2) is 5.21. The van der Waals surface area contributed by atoms with Crippen molar-refractivity contribution >= 4 is 0 Å². The van der Waals surface area contributed by atoms with E-state index in [2.05, 4.69) is 34.5 Å². The molecule has 0 aliphatic rings. The molecule has 0 aliphatic heterocycles. The van der Waals surface area contributed by atoms with Crippen molar-refractivity contribution in [3.8, 4) is 0 Å². The molecule has 0 amide bonds. The summed E-state index contributed by atoms with van der Waals surface area (Å²) in [5.74, 6) is 0. The fourth-order valence-electron chi connectivity index (χ4n) is 1.71. The first-order valence-corrected chi connectivity index (χ1v) is 5.30. The third-order valence-electron chi connectivity index (χ3n) is 2.46. The van der Waals surface area contributed by atoms with Gasteiger partial charge in [0.25, 0.3) is 0 Å². The molecule has 0 aromatic heterocycles. The van der Waals surface area contributed by atoms with E-state index in [-0.39, 0.29) is 6.04 Å². The van der Waals surface area contributed by atoms with E-state index < -0.39 is 0 Å². The molecule has 0 unspecified atom stereocenters. The van der Waals surface area contributed by atoms with Gasteiger partial charge in [-0.25, -0.2) is 0 Å². The number of hydrogen-bond acceptors (Lipinski definition) is 2. The summed E-state index contributed by atoms with van der Waals surface area (Å²) in [5.41, 5.74) is 2.33. The number of rotatable bonds is 3. The monoisotopic (exact) mass is 210 g/mol. The zero-order chi connectivity index (χ0) is 11.2. The number of hydrogen-bond donors (Lipinski definition) is 0. The van der Waals surface area contributed by atoms with Gasteiger partial charge in [0, 0.05) is 7.05 Å². The van der Waals surface area contributed by atoms with Crippen LogP contribution in [0, 0.1) is 0 Å². The van der Waals surface area contributed by atoms with Crippen LogP contribution in [0.25, 0.3) is 0 Å². The van der Waals surface area contributed by atoms with E-state index in [1.807, 2.05) is 36.4 Å². The molecule has 0 saturated heterocycles. The molecule has 2 aromatic rings. The van der Waals surface area contributed by atoms with Crippen LogP contribution in [0.3, 0.4) is 0 Å². The van der Waals surface area contributed by atoms with Gasteiger partial charge < -0.3 is 0 Å². The minimum atomic E-state index is 0.00685. The quantitative estimate of drug-likeness (QED) is 0.687. The predicted octanol–water partition coefficient (Wildman–Crippen LogP) is 3.86. The van der Waals surface area contributed by atoms with Crippen molar-refractivity contribution in [2.45, 2.75) is 6.04 Å². The lowest BCUT2D eigenvalue weighted by Gasteiger charge is -2.11. The smallest absolute Gasteiger partial charge is 0.121 e. The molecule has 80 valence electrons. The van der Waals surface area contributed by atoms with E-state index in [9.17, 15) is 0 Å². The molecule has 0 heterocycles. The van der Waals surface area contributed by atoms with Crippen molar-refractivity contribution in [3.63, 3.8) is 0 Å². The van der Waals surface area contributed by atoms with Gasteiger partial charge in [-0.2, -0.15) is 10.2 Å². The first kappa shape index (κ1) is 10.6. The number of benzene rings is 2. The van der Waals surface area contributed by atoms with E-state index in [1.165, 1.54) is 11.1 Å². The van der Waals surface area contributed by atoms with Crippen molar-refractivity contribution in [1.29, 1.82) is 0 Å². The van der Waals surface area contributed by atoms with Crippen LogP contribution < -0.4 is 0 Å². The average Bonchev–Trinajstić information content (AvgIpc) is 2.38. The minimum absolute atomic E-state index is 0.00685. The van der Waals surface area contributed by atoms with Crippen LogP contribution >= 0.6 is 0 Å². The molecule has 0 spiro atoms. The molecule has 2 aromatic carbocycles. The molecule has 16 heavy (non-hydrogen) atoms. The van der Waals surface area contributed by atoms with Gasteiger partial charge in [-0.1, -0.05) is 60.7 Å². The van der Waals surface area contributed by atoms with Crippen LogP contribution in [0.15, 0.2) is 70.9 Å². The van der Waals surface area contributed by atoms with Crippen molar-refractivity contribution in [2.24, 2.45) is 10.2 Å². The minimum Gasteiger partial charge on any atom is -0.197 e. The van der Waals surface area contributed by atoms with Crippen LogP contribution in [0.5, 0.6) is 0 Å². The molecule has 0 N–H and O–H groups in total. The Kier molecular flexibility index (Phi) is 3.44. The van der Waals surface area contributed by atoms with Crippen LogP contribution in [-0.2, 0) is 0 Å². The maximum absolute atomic E-state index is 4.29. The third kappa shape index (κ3) is 2.34. The van der Waals surface area contributed by atoms with Gasteiger partial charge in [0.2, 0.25) is 0 Å². The van der Waals surface area contributed by atoms with Crippen LogP contribution in [0.1, 0.15) is 17.2 Å². The molecular formula is C14H14N2. The van der Waals surface area contributed by atoms with Crippen molar-refractivity contribution < 1.29 is 0 Å². The number of azo groups is 1. The lowest BCUT2D eigenvalue weighted by Crippen LogP contribution is -1.96. The summed E-state index contributed by atoms with van der Waals surface area (Å²) in [6, 6.07) is 20.4. The molecule has 0 fully saturated rings.